The van der Waals surface area contributed by atoms with Crippen LogP contribution in [0.2, 0.25) is 0 Å². The van der Waals surface area contributed by atoms with Gasteiger partial charge >= 0.3 is 0 Å². The first kappa shape index (κ1) is 19.9. The highest BCUT2D eigenvalue weighted by Gasteiger charge is 2.15. The molecule has 0 saturated carbocycles. The number of amides is 1. The van der Waals surface area contributed by atoms with Crippen LogP contribution in [-0.2, 0) is 9.53 Å². The second kappa shape index (κ2) is 9.34. The summed E-state index contributed by atoms with van der Waals surface area (Å²) in [6.07, 6.45) is 0. The Hall–Kier alpha value is -1.90. The van der Waals surface area contributed by atoms with Crippen LogP contribution in [0.3, 0.4) is 0 Å². The van der Waals surface area contributed by atoms with Crippen molar-refractivity contribution in [2.75, 3.05) is 45.1 Å². The van der Waals surface area contributed by atoms with Gasteiger partial charge in [0.2, 0.25) is 5.91 Å². The summed E-state index contributed by atoms with van der Waals surface area (Å²) in [5, 5.41) is 12.2. The summed E-state index contributed by atoms with van der Waals surface area (Å²) >= 11 is 1.42. The second-order valence-electron chi connectivity index (χ2n) is 6.75. The van der Waals surface area contributed by atoms with E-state index in [4.69, 9.17) is 4.74 Å². The van der Waals surface area contributed by atoms with Crippen LogP contribution in [-0.4, -0.2) is 70.7 Å². The van der Waals surface area contributed by atoms with Crippen molar-refractivity contribution in [3.63, 3.8) is 0 Å². The molecule has 1 saturated heterocycles. The molecule has 0 aliphatic carbocycles. The smallest absolute Gasteiger partial charge is 0.230 e. The van der Waals surface area contributed by atoms with Crippen molar-refractivity contribution in [2.45, 2.75) is 25.9 Å². The van der Waals surface area contributed by atoms with Crippen molar-refractivity contribution in [3.05, 3.63) is 35.2 Å². The number of nitrogens with one attached hydrogen (secondary N) is 1. The van der Waals surface area contributed by atoms with Gasteiger partial charge in [-0.3, -0.25) is 14.3 Å². The molecule has 7 nitrogen and oxygen atoms in total. The van der Waals surface area contributed by atoms with Gasteiger partial charge in [0, 0.05) is 26.2 Å². The molecular formula is C19H27N5O2S. The normalized spacial score (nSPS) is 15.1. The molecule has 0 bridgehead atoms. The van der Waals surface area contributed by atoms with Crippen LogP contribution in [0.1, 0.15) is 17.0 Å². The number of hydrogen-bond acceptors (Lipinski definition) is 6. The summed E-state index contributed by atoms with van der Waals surface area (Å²) in [7, 11) is 0. The third-order valence-electron chi connectivity index (χ3n) is 4.59. The Bertz CT molecular complexity index is 786. The number of aryl methyl sites for hydroxylation is 3. The predicted octanol–water partition coefficient (Wildman–Crippen LogP) is 1.73. The lowest BCUT2D eigenvalue weighted by atomic mass is 10.1. The largest absolute Gasteiger partial charge is 0.379 e. The number of nitrogens with zero attached hydrogens (tertiary/aromatic N) is 4. The highest BCUT2D eigenvalue weighted by atomic mass is 32.2. The molecule has 3 rings (SSSR count). The molecule has 8 heteroatoms. The van der Waals surface area contributed by atoms with Gasteiger partial charge in [0.05, 0.1) is 24.7 Å². The molecule has 1 aliphatic heterocycles. The van der Waals surface area contributed by atoms with Crippen LogP contribution < -0.4 is 5.32 Å². The molecule has 0 atom stereocenters. The number of morpholine rings is 1. The first-order valence-corrected chi connectivity index (χ1v) is 10.2. The molecule has 27 heavy (non-hydrogen) atoms. The lowest BCUT2D eigenvalue weighted by molar-refractivity contribution is -0.118. The van der Waals surface area contributed by atoms with Crippen molar-refractivity contribution >= 4 is 17.7 Å². The molecule has 0 spiro atoms. The van der Waals surface area contributed by atoms with Crippen molar-refractivity contribution < 1.29 is 9.53 Å². The average Bonchev–Trinajstić information content (AvgIpc) is 3.03. The van der Waals surface area contributed by atoms with Crippen LogP contribution in [0.25, 0.3) is 5.69 Å². The number of rotatable bonds is 7. The van der Waals surface area contributed by atoms with Gasteiger partial charge < -0.3 is 10.1 Å². The SMILES string of the molecule is Cc1ccc(C)c(-n2c(C)nnc2SCC(=O)NCCN2CCOCC2)c1. The molecule has 146 valence electrons. The Labute approximate surface area is 164 Å². The monoisotopic (exact) mass is 389 g/mol. The highest BCUT2D eigenvalue weighted by Crippen LogP contribution is 2.24. The van der Waals surface area contributed by atoms with Crippen LogP contribution in [0, 0.1) is 20.8 Å². The summed E-state index contributed by atoms with van der Waals surface area (Å²) in [6.45, 7) is 11.0. The van der Waals surface area contributed by atoms with Crippen molar-refractivity contribution in [1.29, 1.82) is 0 Å². The zero-order chi connectivity index (χ0) is 19.2. The maximum absolute atomic E-state index is 12.2. The van der Waals surface area contributed by atoms with Crippen LogP contribution >= 0.6 is 11.8 Å². The number of carbonyl (C=O) groups is 1. The van der Waals surface area contributed by atoms with Crippen LogP contribution in [0.15, 0.2) is 23.4 Å². The number of thioether (sulfide) groups is 1. The van der Waals surface area contributed by atoms with Crippen molar-refractivity contribution in [3.8, 4) is 5.69 Å². The third kappa shape index (κ3) is 5.31. The van der Waals surface area contributed by atoms with Gasteiger partial charge in [-0.2, -0.15) is 0 Å². The van der Waals surface area contributed by atoms with E-state index in [-0.39, 0.29) is 5.91 Å². The minimum atomic E-state index is 0.0152. The van der Waals surface area contributed by atoms with E-state index < -0.39 is 0 Å². The van der Waals surface area contributed by atoms with Gasteiger partial charge in [-0.15, -0.1) is 10.2 Å². The van der Waals surface area contributed by atoms with Crippen LogP contribution in [0.4, 0.5) is 0 Å². The summed E-state index contributed by atoms with van der Waals surface area (Å²) in [5.41, 5.74) is 3.40. The number of aromatic nitrogens is 3. The molecular weight excluding hydrogens is 362 g/mol. The number of hydrogen-bond donors (Lipinski definition) is 1. The minimum absolute atomic E-state index is 0.0152. The maximum atomic E-state index is 12.2. The zero-order valence-electron chi connectivity index (χ0n) is 16.2. The number of carbonyl (C=O) groups excluding carboxylic acids is 1. The van der Waals surface area contributed by atoms with E-state index in [9.17, 15) is 4.79 Å². The standard InChI is InChI=1S/C19H27N5O2S/c1-14-4-5-15(2)17(12-14)24-16(3)21-22-19(24)27-13-18(25)20-6-7-23-8-10-26-11-9-23/h4-5,12H,6-11,13H2,1-3H3,(H,20,25). The molecule has 1 N–H and O–H groups in total. The van der Waals surface area contributed by atoms with Gasteiger partial charge in [0.15, 0.2) is 5.16 Å². The highest BCUT2D eigenvalue weighted by molar-refractivity contribution is 7.99. The Morgan fingerprint density at radius 3 is 2.78 bits per heavy atom. The van der Waals surface area contributed by atoms with E-state index >= 15 is 0 Å². The van der Waals surface area contributed by atoms with E-state index in [0.717, 1.165) is 55.1 Å². The third-order valence-corrected chi connectivity index (χ3v) is 5.52. The molecule has 1 aromatic heterocycles. The molecule has 1 fully saturated rings. The fraction of sp³-hybridized carbons (Fsp3) is 0.526. The van der Waals surface area contributed by atoms with Gasteiger partial charge in [-0.25, -0.2) is 0 Å². The predicted molar refractivity (Wildman–Crippen MR) is 107 cm³/mol. The fourth-order valence-corrected chi connectivity index (χ4v) is 3.85. The Kier molecular flexibility index (Phi) is 6.87. The topological polar surface area (TPSA) is 72.3 Å². The van der Waals surface area contributed by atoms with E-state index in [2.05, 4.69) is 52.5 Å². The number of benzene rings is 1. The lowest BCUT2D eigenvalue weighted by Crippen LogP contribution is -2.41. The Morgan fingerprint density at radius 2 is 2.00 bits per heavy atom. The first-order chi connectivity index (χ1) is 13.0. The van der Waals surface area contributed by atoms with E-state index in [1.807, 2.05) is 11.5 Å². The summed E-state index contributed by atoms with van der Waals surface area (Å²) in [5.74, 6) is 1.16. The fourth-order valence-electron chi connectivity index (χ4n) is 3.03. The van der Waals surface area contributed by atoms with E-state index in [0.29, 0.717) is 12.3 Å². The molecule has 2 aromatic rings. The van der Waals surface area contributed by atoms with Crippen LogP contribution in [0.5, 0.6) is 0 Å². The molecule has 1 amide bonds. The second-order valence-corrected chi connectivity index (χ2v) is 7.69. The maximum Gasteiger partial charge on any atom is 0.230 e. The van der Waals surface area contributed by atoms with Gasteiger partial charge in [0.25, 0.3) is 0 Å². The summed E-state index contributed by atoms with van der Waals surface area (Å²) in [6, 6.07) is 6.31. The van der Waals surface area contributed by atoms with Gasteiger partial charge in [0.1, 0.15) is 5.82 Å². The molecule has 2 heterocycles. The molecule has 0 unspecified atom stereocenters. The minimum Gasteiger partial charge on any atom is -0.379 e. The van der Waals surface area contributed by atoms with Gasteiger partial charge in [-0.1, -0.05) is 23.9 Å². The molecule has 1 aliphatic rings. The molecule has 0 radical (unpaired) electrons. The average molecular weight is 390 g/mol. The Morgan fingerprint density at radius 1 is 1.22 bits per heavy atom. The van der Waals surface area contributed by atoms with Crippen molar-refractivity contribution in [1.82, 2.24) is 25.0 Å². The van der Waals surface area contributed by atoms with E-state index in [1.54, 1.807) is 0 Å². The first-order valence-electron chi connectivity index (χ1n) is 9.24. The zero-order valence-corrected chi connectivity index (χ0v) is 17.0. The Balaban J connectivity index is 1.55. The van der Waals surface area contributed by atoms with Crippen molar-refractivity contribution in [2.24, 2.45) is 0 Å². The van der Waals surface area contributed by atoms with E-state index in [1.165, 1.54) is 17.3 Å². The summed E-state index contributed by atoms with van der Waals surface area (Å²) < 4.78 is 7.35. The lowest BCUT2D eigenvalue weighted by Gasteiger charge is -2.26. The summed E-state index contributed by atoms with van der Waals surface area (Å²) in [4.78, 5) is 14.5. The quantitative estimate of drug-likeness (QED) is 0.727. The van der Waals surface area contributed by atoms with Gasteiger partial charge in [-0.05, 0) is 38.0 Å². The molecule has 1 aromatic carbocycles. The number of ether oxygens (including phenoxy) is 1.